The zero-order valence-corrected chi connectivity index (χ0v) is 11.9. The van der Waals surface area contributed by atoms with Crippen molar-refractivity contribution in [1.29, 1.82) is 0 Å². The van der Waals surface area contributed by atoms with E-state index in [-0.39, 0.29) is 22.6 Å². The molecule has 0 bridgehead atoms. The van der Waals surface area contributed by atoms with Crippen LogP contribution in [0.3, 0.4) is 0 Å². The van der Waals surface area contributed by atoms with E-state index >= 15 is 0 Å². The fourth-order valence-electron chi connectivity index (χ4n) is 2.27. The molecule has 6 nitrogen and oxygen atoms in total. The van der Waals surface area contributed by atoms with Crippen LogP contribution in [0.1, 0.15) is 5.56 Å². The van der Waals surface area contributed by atoms with Crippen molar-refractivity contribution in [3.8, 4) is 16.9 Å². The molecule has 0 atom stereocenters. The highest BCUT2D eigenvalue weighted by molar-refractivity contribution is 5.71. The molecule has 0 aliphatic rings. The quantitative estimate of drug-likeness (QED) is 0.538. The van der Waals surface area contributed by atoms with E-state index < -0.39 is 16.7 Å². The Morgan fingerprint density at radius 2 is 1.83 bits per heavy atom. The first kappa shape index (κ1) is 15.7. The lowest BCUT2D eigenvalue weighted by Crippen LogP contribution is -2.07. The number of halogens is 3. The van der Waals surface area contributed by atoms with Gasteiger partial charge in [-0.25, -0.2) is 4.68 Å². The normalized spacial score (nSPS) is 11.5. The number of para-hydroxylation sites is 1. The summed E-state index contributed by atoms with van der Waals surface area (Å²) in [6.07, 6.45) is -3.24. The summed E-state index contributed by atoms with van der Waals surface area (Å²) in [6, 6.07) is 10.4. The molecule has 1 aromatic heterocycles. The van der Waals surface area contributed by atoms with Crippen LogP contribution in [0.2, 0.25) is 0 Å². The smallest absolute Gasteiger partial charge is 0.258 e. The van der Waals surface area contributed by atoms with E-state index in [0.717, 1.165) is 16.8 Å². The van der Waals surface area contributed by atoms with Crippen LogP contribution in [-0.2, 0) is 6.18 Å². The maximum absolute atomic E-state index is 12.9. The Morgan fingerprint density at radius 3 is 2.54 bits per heavy atom. The second-order valence-corrected chi connectivity index (χ2v) is 4.85. The molecule has 3 rings (SSSR count). The van der Waals surface area contributed by atoms with Gasteiger partial charge in [-0.15, -0.1) is 5.10 Å². The number of rotatable bonds is 3. The van der Waals surface area contributed by atoms with Gasteiger partial charge in [0.15, 0.2) is 0 Å². The van der Waals surface area contributed by atoms with E-state index in [1.165, 1.54) is 36.5 Å². The highest BCUT2D eigenvalue weighted by Gasteiger charge is 2.31. The van der Waals surface area contributed by atoms with Crippen molar-refractivity contribution in [2.45, 2.75) is 6.18 Å². The zero-order valence-electron chi connectivity index (χ0n) is 11.9. The lowest BCUT2D eigenvalue weighted by atomic mass is 10.1. The number of alkyl halides is 3. The molecule has 0 saturated carbocycles. The molecule has 24 heavy (non-hydrogen) atoms. The molecule has 0 aliphatic heterocycles. The fraction of sp³-hybridized carbons (Fsp3) is 0.0667. The SMILES string of the molecule is O=[N+]([O-])c1ccccc1-c1cnnn1-c1cccc(C(F)(F)F)c1. The highest BCUT2D eigenvalue weighted by Crippen LogP contribution is 2.33. The largest absolute Gasteiger partial charge is 0.416 e. The molecule has 0 aliphatic carbocycles. The van der Waals surface area contributed by atoms with Gasteiger partial charge >= 0.3 is 6.18 Å². The number of hydrogen-bond donors (Lipinski definition) is 0. The molecule has 0 unspecified atom stereocenters. The van der Waals surface area contributed by atoms with Crippen molar-refractivity contribution in [3.05, 3.63) is 70.4 Å². The van der Waals surface area contributed by atoms with Crippen LogP contribution < -0.4 is 0 Å². The summed E-state index contributed by atoms with van der Waals surface area (Å²) in [4.78, 5) is 10.6. The number of nitro benzene ring substituents is 1. The first-order valence-corrected chi connectivity index (χ1v) is 6.70. The maximum Gasteiger partial charge on any atom is 0.416 e. The van der Waals surface area contributed by atoms with Gasteiger partial charge in [0.1, 0.15) is 5.69 Å². The predicted molar refractivity (Wildman–Crippen MR) is 78.5 cm³/mol. The Kier molecular flexibility index (Phi) is 3.76. The van der Waals surface area contributed by atoms with Crippen molar-refractivity contribution in [2.75, 3.05) is 0 Å². The zero-order chi connectivity index (χ0) is 17.3. The van der Waals surface area contributed by atoms with E-state index in [4.69, 9.17) is 0 Å². The van der Waals surface area contributed by atoms with Crippen molar-refractivity contribution in [1.82, 2.24) is 15.0 Å². The Bertz CT molecular complexity index is 905. The van der Waals surface area contributed by atoms with Gasteiger partial charge in [0, 0.05) is 6.07 Å². The molecule has 122 valence electrons. The summed E-state index contributed by atoms with van der Waals surface area (Å²) in [7, 11) is 0. The van der Waals surface area contributed by atoms with Crippen LogP contribution in [0.15, 0.2) is 54.7 Å². The van der Waals surface area contributed by atoms with Crippen molar-refractivity contribution in [2.24, 2.45) is 0 Å². The number of aromatic nitrogens is 3. The third kappa shape index (κ3) is 2.83. The topological polar surface area (TPSA) is 73.8 Å². The summed E-state index contributed by atoms with van der Waals surface area (Å²) < 4.78 is 39.7. The Balaban J connectivity index is 2.15. The first-order chi connectivity index (χ1) is 11.4. The van der Waals surface area contributed by atoms with Gasteiger partial charge in [0.2, 0.25) is 0 Å². The molecule has 0 saturated heterocycles. The van der Waals surface area contributed by atoms with Crippen LogP contribution in [0.4, 0.5) is 18.9 Å². The van der Waals surface area contributed by atoms with Gasteiger partial charge in [-0.2, -0.15) is 13.2 Å². The van der Waals surface area contributed by atoms with Crippen molar-refractivity contribution >= 4 is 5.69 Å². The second kappa shape index (κ2) is 5.76. The fourth-order valence-corrected chi connectivity index (χ4v) is 2.27. The minimum absolute atomic E-state index is 0.107. The average Bonchev–Trinajstić information content (AvgIpc) is 3.03. The number of hydrogen-bond acceptors (Lipinski definition) is 4. The number of nitrogens with zero attached hydrogens (tertiary/aromatic N) is 4. The lowest BCUT2D eigenvalue weighted by molar-refractivity contribution is -0.384. The third-order valence-electron chi connectivity index (χ3n) is 3.34. The lowest BCUT2D eigenvalue weighted by Gasteiger charge is -2.10. The molecule has 1 heterocycles. The molecule has 3 aromatic rings. The average molecular weight is 334 g/mol. The van der Waals surface area contributed by atoms with Crippen LogP contribution in [-0.4, -0.2) is 19.9 Å². The summed E-state index contributed by atoms with van der Waals surface area (Å²) in [5.74, 6) is 0. The Labute approximate surface area is 133 Å². The summed E-state index contributed by atoms with van der Waals surface area (Å²) in [5, 5.41) is 18.6. The molecule has 0 amide bonds. The van der Waals surface area contributed by atoms with Crippen LogP contribution in [0, 0.1) is 10.1 Å². The van der Waals surface area contributed by atoms with Crippen LogP contribution in [0.25, 0.3) is 16.9 Å². The number of nitro groups is 1. The third-order valence-corrected chi connectivity index (χ3v) is 3.34. The molecule has 0 N–H and O–H groups in total. The van der Waals surface area contributed by atoms with Crippen molar-refractivity contribution < 1.29 is 18.1 Å². The highest BCUT2D eigenvalue weighted by atomic mass is 19.4. The molecule has 0 spiro atoms. The van der Waals surface area contributed by atoms with Gasteiger partial charge in [-0.1, -0.05) is 23.4 Å². The molecule has 0 fully saturated rings. The molecule has 2 aromatic carbocycles. The molecule has 9 heteroatoms. The first-order valence-electron chi connectivity index (χ1n) is 6.70. The van der Waals surface area contributed by atoms with E-state index in [2.05, 4.69) is 10.3 Å². The van der Waals surface area contributed by atoms with Gasteiger partial charge in [-0.05, 0) is 24.3 Å². The predicted octanol–water partition coefficient (Wildman–Crippen LogP) is 3.86. The molecular weight excluding hydrogens is 325 g/mol. The maximum atomic E-state index is 12.9. The Morgan fingerprint density at radius 1 is 1.08 bits per heavy atom. The molecular formula is C15H9F3N4O2. The minimum atomic E-state index is -4.50. The standard InChI is InChI=1S/C15H9F3N4O2/c16-15(17,18)10-4-3-5-11(8-10)21-14(9-19-20-21)12-6-1-2-7-13(12)22(23)24/h1-9H. The second-order valence-electron chi connectivity index (χ2n) is 4.85. The number of benzene rings is 2. The summed E-state index contributed by atoms with van der Waals surface area (Å²) >= 11 is 0. The van der Waals surface area contributed by atoms with Crippen LogP contribution in [0.5, 0.6) is 0 Å². The monoisotopic (exact) mass is 334 g/mol. The van der Waals surface area contributed by atoms with E-state index in [9.17, 15) is 23.3 Å². The molecule has 0 radical (unpaired) electrons. The van der Waals surface area contributed by atoms with Gasteiger partial charge < -0.3 is 0 Å². The van der Waals surface area contributed by atoms with Crippen molar-refractivity contribution in [3.63, 3.8) is 0 Å². The summed E-state index contributed by atoms with van der Waals surface area (Å²) in [5.41, 5.74) is -0.487. The Hall–Kier alpha value is -3.23. The van der Waals surface area contributed by atoms with Crippen LogP contribution >= 0.6 is 0 Å². The van der Waals surface area contributed by atoms with E-state index in [1.807, 2.05) is 0 Å². The summed E-state index contributed by atoms with van der Waals surface area (Å²) in [6.45, 7) is 0. The van der Waals surface area contributed by atoms with Gasteiger partial charge in [-0.3, -0.25) is 10.1 Å². The minimum Gasteiger partial charge on any atom is -0.258 e. The van der Waals surface area contributed by atoms with E-state index in [0.29, 0.717) is 0 Å². The van der Waals surface area contributed by atoms with Gasteiger partial charge in [0.05, 0.1) is 27.9 Å². The van der Waals surface area contributed by atoms with E-state index in [1.54, 1.807) is 6.07 Å². The van der Waals surface area contributed by atoms with Gasteiger partial charge in [0.25, 0.3) is 5.69 Å².